The van der Waals surface area contributed by atoms with Gasteiger partial charge in [0.2, 0.25) is 0 Å². The second-order valence-corrected chi connectivity index (χ2v) is 4.86. The number of amides is 2. The molecule has 0 bridgehead atoms. The molecule has 2 unspecified atom stereocenters. The first-order valence-corrected chi connectivity index (χ1v) is 6.82. The van der Waals surface area contributed by atoms with Gasteiger partial charge in [0, 0.05) is 18.3 Å². The summed E-state index contributed by atoms with van der Waals surface area (Å²) in [5.74, 6) is -0.196. The van der Waals surface area contributed by atoms with Gasteiger partial charge in [0.05, 0.1) is 13.2 Å². The van der Waals surface area contributed by atoms with Gasteiger partial charge in [0.15, 0.2) is 6.10 Å². The Morgan fingerprint density at radius 1 is 1.65 bits per heavy atom. The maximum Gasteiger partial charge on any atom is 0.334 e. The number of hydrogen-bond donors (Lipinski definition) is 2. The van der Waals surface area contributed by atoms with Crippen LogP contribution in [0.3, 0.4) is 0 Å². The number of nitrogens with one attached hydrogen (secondary N) is 1. The van der Waals surface area contributed by atoms with Crippen LogP contribution in [0.25, 0.3) is 0 Å². The van der Waals surface area contributed by atoms with Crippen LogP contribution in [0, 0.1) is 0 Å². The monoisotopic (exact) mass is 262 g/mol. The van der Waals surface area contributed by atoms with Gasteiger partial charge in [0.25, 0.3) is 0 Å². The van der Waals surface area contributed by atoms with Gasteiger partial charge in [-0.1, -0.05) is 0 Å². The predicted molar refractivity (Wildman–Crippen MR) is 65.3 cm³/mol. The molecule has 7 heteroatoms. The molecule has 98 valence electrons. The van der Waals surface area contributed by atoms with E-state index >= 15 is 0 Å². The average Bonchev–Trinajstić information content (AvgIpc) is 2.29. The van der Waals surface area contributed by atoms with Crippen LogP contribution >= 0.6 is 11.8 Å². The molecular formula is C10H18N2O4S. The van der Waals surface area contributed by atoms with Crippen LogP contribution in [0.4, 0.5) is 4.79 Å². The van der Waals surface area contributed by atoms with Crippen LogP contribution in [-0.4, -0.2) is 65.9 Å². The minimum atomic E-state index is -1.03. The maximum atomic E-state index is 11.8. The third-order valence-corrected chi connectivity index (χ3v) is 3.25. The summed E-state index contributed by atoms with van der Waals surface area (Å²) in [5, 5.41) is 11.6. The van der Waals surface area contributed by atoms with Gasteiger partial charge in [-0.25, -0.2) is 9.59 Å². The Hall–Kier alpha value is -0.950. The Kier molecular flexibility index (Phi) is 5.57. The van der Waals surface area contributed by atoms with Gasteiger partial charge < -0.3 is 20.1 Å². The second-order valence-electron chi connectivity index (χ2n) is 3.95. The van der Waals surface area contributed by atoms with Gasteiger partial charge in [-0.05, 0) is 13.2 Å². The van der Waals surface area contributed by atoms with Crippen molar-refractivity contribution in [2.24, 2.45) is 0 Å². The molecule has 1 aliphatic heterocycles. The highest BCUT2D eigenvalue weighted by atomic mass is 32.2. The van der Waals surface area contributed by atoms with E-state index in [9.17, 15) is 9.59 Å². The fourth-order valence-electron chi connectivity index (χ4n) is 1.58. The van der Waals surface area contributed by atoms with Crippen LogP contribution < -0.4 is 5.32 Å². The van der Waals surface area contributed by atoms with Crippen LogP contribution in [0.2, 0.25) is 0 Å². The molecule has 2 atom stereocenters. The van der Waals surface area contributed by atoms with Crippen molar-refractivity contribution < 1.29 is 19.4 Å². The minimum Gasteiger partial charge on any atom is -0.479 e. The zero-order valence-electron chi connectivity index (χ0n) is 10.0. The van der Waals surface area contributed by atoms with E-state index in [-0.39, 0.29) is 25.2 Å². The summed E-state index contributed by atoms with van der Waals surface area (Å²) >= 11 is 1.65. The molecule has 1 aliphatic rings. The van der Waals surface area contributed by atoms with Crippen LogP contribution in [-0.2, 0) is 9.53 Å². The number of carbonyl (C=O) groups excluding carboxylic acids is 1. The number of carboxylic acid groups (broad SMARTS) is 1. The first-order chi connectivity index (χ1) is 8.04. The van der Waals surface area contributed by atoms with E-state index < -0.39 is 12.1 Å². The molecule has 0 aromatic rings. The van der Waals surface area contributed by atoms with Crippen molar-refractivity contribution in [2.45, 2.75) is 19.1 Å². The Bertz CT molecular complexity index is 287. The molecule has 0 saturated carbocycles. The van der Waals surface area contributed by atoms with E-state index in [0.29, 0.717) is 6.54 Å². The molecule has 2 N–H and O–H groups in total. The maximum absolute atomic E-state index is 11.8. The minimum absolute atomic E-state index is 0.0728. The SMILES string of the molecule is CSCC(C)NC(=O)N1CCOC(C(=O)O)C1. The molecule has 0 radical (unpaired) electrons. The predicted octanol–water partition coefficient (Wildman–Crippen LogP) is 0.233. The van der Waals surface area contributed by atoms with E-state index in [1.165, 1.54) is 4.90 Å². The summed E-state index contributed by atoms with van der Waals surface area (Å²) < 4.78 is 5.05. The molecule has 1 heterocycles. The lowest BCUT2D eigenvalue weighted by Gasteiger charge is -2.31. The van der Waals surface area contributed by atoms with Crippen molar-refractivity contribution in [3.05, 3.63) is 0 Å². The van der Waals surface area contributed by atoms with E-state index in [1.807, 2.05) is 13.2 Å². The number of ether oxygens (including phenoxy) is 1. The molecule has 0 aliphatic carbocycles. The topological polar surface area (TPSA) is 78.9 Å². The van der Waals surface area contributed by atoms with Gasteiger partial charge >= 0.3 is 12.0 Å². The average molecular weight is 262 g/mol. The lowest BCUT2D eigenvalue weighted by molar-refractivity contribution is -0.154. The molecule has 0 aromatic heterocycles. The summed E-state index contributed by atoms with van der Waals surface area (Å²) in [4.78, 5) is 24.1. The molecule has 1 fully saturated rings. The highest BCUT2D eigenvalue weighted by Gasteiger charge is 2.29. The third-order valence-electron chi connectivity index (χ3n) is 2.42. The Morgan fingerprint density at radius 2 is 2.35 bits per heavy atom. The van der Waals surface area contributed by atoms with Crippen molar-refractivity contribution in [2.75, 3.05) is 31.7 Å². The van der Waals surface area contributed by atoms with Crippen LogP contribution in [0.15, 0.2) is 0 Å². The van der Waals surface area contributed by atoms with Crippen molar-refractivity contribution in [3.63, 3.8) is 0 Å². The van der Waals surface area contributed by atoms with E-state index in [2.05, 4.69) is 5.32 Å². The van der Waals surface area contributed by atoms with Gasteiger partial charge in [0.1, 0.15) is 0 Å². The number of urea groups is 1. The molecular weight excluding hydrogens is 244 g/mol. The number of thioether (sulfide) groups is 1. The summed E-state index contributed by atoms with van der Waals surface area (Å²) in [6.07, 6.45) is 1.06. The smallest absolute Gasteiger partial charge is 0.334 e. The van der Waals surface area contributed by atoms with E-state index in [0.717, 1.165) is 5.75 Å². The molecule has 6 nitrogen and oxygen atoms in total. The molecule has 17 heavy (non-hydrogen) atoms. The normalized spacial score (nSPS) is 22.0. The molecule has 0 aromatic carbocycles. The summed E-state index contributed by atoms with van der Waals surface area (Å²) in [6, 6.07) is -0.148. The number of morpholine rings is 1. The fourth-order valence-corrected chi connectivity index (χ4v) is 2.16. The first kappa shape index (κ1) is 14.1. The standard InChI is InChI=1S/C10H18N2O4S/c1-7(6-17-2)11-10(15)12-3-4-16-8(5-12)9(13)14/h7-8H,3-6H2,1-2H3,(H,11,15)(H,13,14). The summed E-state index contributed by atoms with van der Waals surface area (Å²) in [5.41, 5.74) is 0. The molecule has 2 amide bonds. The largest absolute Gasteiger partial charge is 0.479 e. The van der Waals surface area contributed by atoms with Crippen LogP contribution in [0.1, 0.15) is 6.92 Å². The number of carbonyl (C=O) groups is 2. The Morgan fingerprint density at radius 3 is 2.94 bits per heavy atom. The third kappa shape index (κ3) is 4.43. The highest BCUT2D eigenvalue weighted by Crippen LogP contribution is 2.06. The summed E-state index contributed by atoms with van der Waals surface area (Å²) in [6.45, 7) is 2.72. The number of aliphatic carboxylic acids is 1. The van der Waals surface area contributed by atoms with Crippen molar-refractivity contribution in [3.8, 4) is 0 Å². The summed E-state index contributed by atoms with van der Waals surface area (Å²) in [7, 11) is 0. The zero-order chi connectivity index (χ0) is 12.8. The number of carboxylic acids is 1. The van der Waals surface area contributed by atoms with Crippen molar-refractivity contribution >= 4 is 23.8 Å². The van der Waals surface area contributed by atoms with Gasteiger partial charge in [-0.3, -0.25) is 0 Å². The quantitative estimate of drug-likeness (QED) is 0.758. The Balaban J connectivity index is 2.43. The number of rotatable bonds is 4. The number of hydrogen-bond acceptors (Lipinski definition) is 4. The first-order valence-electron chi connectivity index (χ1n) is 5.43. The van der Waals surface area contributed by atoms with E-state index in [4.69, 9.17) is 9.84 Å². The molecule has 0 spiro atoms. The lowest BCUT2D eigenvalue weighted by atomic mass is 10.3. The van der Waals surface area contributed by atoms with Crippen molar-refractivity contribution in [1.29, 1.82) is 0 Å². The second kappa shape index (κ2) is 6.70. The Labute approximate surface area is 105 Å². The lowest BCUT2D eigenvalue weighted by Crippen LogP contribution is -2.53. The molecule has 1 saturated heterocycles. The zero-order valence-corrected chi connectivity index (χ0v) is 10.8. The van der Waals surface area contributed by atoms with E-state index in [1.54, 1.807) is 11.8 Å². The van der Waals surface area contributed by atoms with Gasteiger partial charge in [-0.2, -0.15) is 11.8 Å². The van der Waals surface area contributed by atoms with Crippen molar-refractivity contribution in [1.82, 2.24) is 10.2 Å². The van der Waals surface area contributed by atoms with Crippen LogP contribution in [0.5, 0.6) is 0 Å². The fraction of sp³-hybridized carbons (Fsp3) is 0.800. The van der Waals surface area contributed by atoms with Gasteiger partial charge in [-0.15, -0.1) is 0 Å². The number of nitrogens with zero attached hydrogens (tertiary/aromatic N) is 1. The molecule has 1 rings (SSSR count). The highest BCUT2D eigenvalue weighted by molar-refractivity contribution is 7.98.